The summed E-state index contributed by atoms with van der Waals surface area (Å²) < 4.78 is 12.6. The van der Waals surface area contributed by atoms with Crippen LogP contribution < -0.4 is 26.4 Å². The Bertz CT molecular complexity index is 874. The highest BCUT2D eigenvalue weighted by Crippen LogP contribution is 2.37. The molecule has 0 radical (unpaired) electrons. The molecular formula is C22H22ClN4O2+. The lowest BCUT2D eigenvalue weighted by atomic mass is 9.86. The quantitative estimate of drug-likeness (QED) is 0.471. The van der Waals surface area contributed by atoms with E-state index in [2.05, 4.69) is 21.4 Å². The molecule has 3 saturated heterocycles. The molecule has 29 heavy (non-hydrogen) atoms. The zero-order valence-corrected chi connectivity index (χ0v) is 16.7. The van der Waals surface area contributed by atoms with Crippen molar-refractivity contribution in [1.29, 1.82) is 0 Å². The van der Waals surface area contributed by atoms with E-state index in [1.807, 2.05) is 60.7 Å². The molecule has 0 amide bonds. The first-order chi connectivity index (χ1) is 13.8. The summed E-state index contributed by atoms with van der Waals surface area (Å²) in [5, 5.41) is 0. The second-order valence-corrected chi connectivity index (χ2v) is 7.38. The summed E-state index contributed by atoms with van der Waals surface area (Å²) in [6.45, 7) is 3.03. The number of benzene rings is 2. The molecule has 2 bridgehead atoms. The first-order valence-corrected chi connectivity index (χ1v) is 9.71. The molecule has 0 saturated carbocycles. The van der Waals surface area contributed by atoms with Gasteiger partial charge in [0.1, 0.15) is 23.8 Å². The summed E-state index contributed by atoms with van der Waals surface area (Å²) in [6.07, 6.45) is 4.76. The van der Waals surface area contributed by atoms with Crippen molar-refractivity contribution < 1.29 is 21.9 Å². The Morgan fingerprint density at radius 1 is 0.759 bits per heavy atom. The first-order valence-electron chi connectivity index (χ1n) is 9.71. The maximum atomic E-state index is 5.93. The Hall–Kier alpha value is -2.83. The van der Waals surface area contributed by atoms with Gasteiger partial charge in [-0.15, -0.1) is 15.0 Å². The van der Waals surface area contributed by atoms with E-state index in [0.717, 1.165) is 36.0 Å². The van der Waals surface area contributed by atoms with E-state index in [9.17, 15) is 0 Å². The topological polar surface area (TPSA) is 57.1 Å². The molecule has 3 aromatic rings. The molecule has 2 aromatic carbocycles. The van der Waals surface area contributed by atoms with E-state index in [4.69, 9.17) is 9.47 Å². The van der Waals surface area contributed by atoms with Crippen LogP contribution in [0, 0.1) is 12.3 Å². The summed E-state index contributed by atoms with van der Waals surface area (Å²) in [4.78, 5) is 13.8. The molecule has 0 unspecified atom stereocenters. The normalized spacial score (nSPS) is 22.3. The number of hydrogen-bond acceptors (Lipinski definition) is 5. The number of nitrogens with zero attached hydrogens (tertiary/aromatic N) is 4. The van der Waals surface area contributed by atoms with Crippen LogP contribution in [0.3, 0.4) is 0 Å². The van der Waals surface area contributed by atoms with Gasteiger partial charge in [0.25, 0.3) is 0 Å². The van der Waals surface area contributed by atoms with Crippen LogP contribution in [0.4, 0.5) is 5.95 Å². The monoisotopic (exact) mass is 409 g/mol. The summed E-state index contributed by atoms with van der Waals surface area (Å²) in [5.74, 6) is 2.84. The lowest BCUT2D eigenvalue weighted by molar-refractivity contribution is -0.00000740. The Morgan fingerprint density at radius 2 is 1.28 bits per heavy atom. The molecule has 1 aromatic heterocycles. The van der Waals surface area contributed by atoms with Crippen LogP contribution in [-0.2, 0) is 0 Å². The van der Waals surface area contributed by atoms with Gasteiger partial charge in [0, 0.05) is 12.8 Å². The highest BCUT2D eigenvalue weighted by molar-refractivity contribution is 5.35. The van der Waals surface area contributed by atoms with Crippen molar-refractivity contribution in [3.8, 4) is 23.5 Å². The minimum atomic E-state index is 0. The lowest BCUT2D eigenvalue weighted by Gasteiger charge is -2.41. The van der Waals surface area contributed by atoms with Crippen molar-refractivity contribution in [3.63, 3.8) is 0 Å². The van der Waals surface area contributed by atoms with E-state index in [1.165, 1.54) is 12.8 Å². The SMILES string of the molecule is [Cl-].c1ccc(Oc2nc(Oc3ccccc3)nc([N+]34C[CH+]C(CC3)CC4)n2)cc1. The molecule has 0 spiro atoms. The van der Waals surface area contributed by atoms with Crippen LogP contribution in [0.2, 0.25) is 0 Å². The molecule has 3 aliphatic heterocycles. The molecule has 0 atom stereocenters. The van der Waals surface area contributed by atoms with Crippen LogP contribution >= 0.6 is 0 Å². The number of para-hydroxylation sites is 2. The van der Waals surface area contributed by atoms with Crippen molar-refractivity contribution in [2.45, 2.75) is 12.8 Å². The Morgan fingerprint density at radius 3 is 1.72 bits per heavy atom. The maximum absolute atomic E-state index is 5.93. The van der Waals surface area contributed by atoms with Crippen LogP contribution in [0.15, 0.2) is 60.7 Å². The van der Waals surface area contributed by atoms with Gasteiger partial charge in [-0.3, -0.25) is 0 Å². The van der Waals surface area contributed by atoms with Crippen LogP contribution in [0.25, 0.3) is 0 Å². The fraction of sp³-hybridized carbons (Fsp3) is 0.273. The predicted octanol–water partition coefficient (Wildman–Crippen LogP) is 1.40. The molecule has 0 N–H and O–H groups in total. The standard InChI is InChI=1S/C22H22N4O2.ClH/c1-3-7-18(8-4-1)27-21-23-20(26-14-11-17(12-15-26)13-16-26)24-22(25-21)28-19-9-5-2-6-10-19;/h1-11,17H,12-16H2;1H/q+2;/p-1. The lowest BCUT2D eigenvalue weighted by Crippen LogP contribution is -3.00. The second-order valence-electron chi connectivity index (χ2n) is 7.38. The molecule has 6 rings (SSSR count). The van der Waals surface area contributed by atoms with Crippen molar-refractivity contribution >= 4 is 5.95 Å². The molecule has 4 heterocycles. The van der Waals surface area contributed by atoms with Gasteiger partial charge >= 0.3 is 18.0 Å². The minimum absolute atomic E-state index is 0. The number of rotatable bonds is 5. The number of ether oxygens (including phenoxy) is 2. The number of quaternary nitrogens is 1. The van der Waals surface area contributed by atoms with E-state index >= 15 is 0 Å². The van der Waals surface area contributed by atoms with Crippen LogP contribution in [0.1, 0.15) is 12.8 Å². The van der Waals surface area contributed by atoms with Crippen molar-refractivity contribution in [3.05, 3.63) is 67.1 Å². The molecule has 3 aliphatic rings. The third-order valence-corrected chi connectivity index (χ3v) is 5.56. The molecular weight excluding hydrogens is 388 g/mol. The largest absolute Gasteiger partial charge is 1.00 e. The number of fused-ring (bicyclic) bond motifs is 3. The number of halogens is 1. The van der Waals surface area contributed by atoms with Crippen molar-refractivity contribution in [2.75, 3.05) is 19.6 Å². The van der Waals surface area contributed by atoms with Gasteiger partial charge < -0.3 is 21.9 Å². The Labute approximate surface area is 176 Å². The van der Waals surface area contributed by atoms with Gasteiger partial charge in [-0.1, -0.05) is 36.4 Å². The highest BCUT2D eigenvalue weighted by atomic mass is 35.5. The summed E-state index contributed by atoms with van der Waals surface area (Å²) >= 11 is 0. The average Bonchev–Trinajstić information content (AvgIpc) is 2.76. The van der Waals surface area contributed by atoms with Gasteiger partial charge in [0.15, 0.2) is 0 Å². The van der Waals surface area contributed by atoms with Crippen molar-refractivity contribution in [1.82, 2.24) is 19.4 Å². The third kappa shape index (κ3) is 4.13. The molecule has 148 valence electrons. The smallest absolute Gasteiger partial charge is 0.341 e. The summed E-state index contributed by atoms with van der Waals surface area (Å²) in [7, 11) is 0. The van der Waals surface area contributed by atoms with Gasteiger partial charge in [0.05, 0.1) is 13.1 Å². The minimum Gasteiger partial charge on any atom is -1.00 e. The zero-order chi connectivity index (χ0) is 18.8. The number of hydrogen-bond donors (Lipinski definition) is 0. The van der Waals surface area contributed by atoms with E-state index < -0.39 is 0 Å². The van der Waals surface area contributed by atoms with Gasteiger partial charge in [-0.2, -0.15) is 0 Å². The Balaban J connectivity index is 0.00000205. The first kappa shape index (κ1) is 19.5. The van der Waals surface area contributed by atoms with E-state index in [0.29, 0.717) is 11.5 Å². The maximum Gasteiger partial charge on any atom is 0.341 e. The van der Waals surface area contributed by atoms with E-state index in [1.54, 1.807) is 0 Å². The zero-order valence-electron chi connectivity index (χ0n) is 15.9. The van der Waals surface area contributed by atoms with E-state index in [-0.39, 0.29) is 24.4 Å². The highest BCUT2D eigenvalue weighted by Gasteiger charge is 2.49. The molecule has 0 aliphatic carbocycles. The predicted molar refractivity (Wildman–Crippen MR) is 106 cm³/mol. The van der Waals surface area contributed by atoms with Crippen LogP contribution in [-0.4, -0.2) is 34.6 Å². The second kappa shape index (κ2) is 8.27. The molecule has 6 nitrogen and oxygen atoms in total. The van der Waals surface area contributed by atoms with Gasteiger partial charge in [-0.25, -0.2) is 4.48 Å². The molecule has 7 heteroatoms. The summed E-state index contributed by atoms with van der Waals surface area (Å²) in [5.41, 5.74) is 0. The Kier molecular flexibility index (Phi) is 5.56. The third-order valence-electron chi connectivity index (χ3n) is 5.56. The van der Waals surface area contributed by atoms with Gasteiger partial charge in [-0.05, 0) is 24.3 Å². The fourth-order valence-corrected chi connectivity index (χ4v) is 3.95. The number of aromatic nitrogens is 3. The van der Waals surface area contributed by atoms with Gasteiger partial charge in [0.2, 0.25) is 6.54 Å². The number of piperidine rings is 3. The van der Waals surface area contributed by atoms with Crippen molar-refractivity contribution in [2.24, 2.45) is 5.92 Å². The summed E-state index contributed by atoms with van der Waals surface area (Å²) in [6, 6.07) is 19.6. The molecule has 3 fully saturated rings. The average molecular weight is 410 g/mol. The van der Waals surface area contributed by atoms with Crippen LogP contribution in [0.5, 0.6) is 23.5 Å². The fourth-order valence-electron chi connectivity index (χ4n) is 3.95.